The van der Waals surface area contributed by atoms with E-state index >= 15 is 0 Å². The minimum atomic E-state index is -0.365. The lowest BCUT2D eigenvalue weighted by Crippen LogP contribution is -2.56. The van der Waals surface area contributed by atoms with Crippen LogP contribution in [0.5, 0.6) is 0 Å². The Morgan fingerprint density at radius 2 is 1.91 bits per heavy atom. The van der Waals surface area contributed by atoms with Crippen LogP contribution in [0.1, 0.15) is 53.7 Å². The van der Waals surface area contributed by atoms with E-state index in [2.05, 4.69) is 43.8 Å². The highest BCUT2D eigenvalue weighted by Crippen LogP contribution is 2.55. The number of hydrogen-bond donors (Lipinski definition) is 1. The molecular formula is C21H24B3FN6O. The second kappa shape index (κ2) is 6.36. The summed E-state index contributed by atoms with van der Waals surface area (Å²) in [5.74, 6) is 0.300. The normalized spacial score (nSPS) is 21.0. The van der Waals surface area contributed by atoms with Gasteiger partial charge in [-0.2, -0.15) is 5.10 Å². The minimum absolute atomic E-state index is 0.142. The molecule has 3 aromatic rings. The van der Waals surface area contributed by atoms with Crippen LogP contribution < -0.4 is 10.2 Å². The van der Waals surface area contributed by atoms with Crippen LogP contribution in [0.4, 0.5) is 10.2 Å². The molecular weight excluding hydrogens is 404 g/mol. The number of pyridine rings is 1. The van der Waals surface area contributed by atoms with Crippen LogP contribution in [-0.2, 0) is 12.0 Å². The molecule has 2 bridgehead atoms. The zero-order valence-corrected chi connectivity index (χ0v) is 18.7. The molecule has 0 saturated heterocycles. The van der Waals surface area contributed by atoms with Gasteiger partial charge in [0.25, 0.3) is 5.91 Å². The number of hydrogen-bond acceptors (Lipinski definition) is 5. The van der Waals surface area contributed by atoms with Gasteiger partial charge < -0.3 is 10.2 Å². The second-order valence-corrected chi connectivity index (χ2v) is 10.5. The highest BCUT2D eigenvalue weighted by atomic mass is 19.1. The van der Waals surface area contributed by atoms with E-state index in [9.17, 15) is 9.18 Å². The van der Waals surface area contributed by atoms with E-state index in [0.717, 1.165) is 49.2 Å². The lowest BCUT2D eigenvalue weighted by molar-refractivity contribution is 0.0930. The van der Waals surface area contributed by atoms with Crippen molar-refractivity contribution in [2.75, 3.05) is 4.90 Å². The van der Waals surface area contributed by atoms with Crippen LogP contribution in [-0.4, -0.2) is 59.8 Å². The van der Waals surface area contributed by atoms with Crippen molar-refractivity contribution in [2.24, 2.45) is 0 Å². The van der Waals surface area contributed by atoms with E-state index in [1.165, 1.54) is 6.20 Å². The van der Waals surface area contributed by atoms with Crippen molar-refractivity contribution >= 4 is 40.9 Å². The third-order valence-electron chi connectivity index (χ3n) is 7.16. The van der Waals surface area contributed by atoms with Gasteiger partial charge in [-0.15, -0.1) is 0 Å². The number of rotatable bonds is 1. The summed E-state index contributed by atoms with van der Waals surface area (Å²) in [4.78, 5) is 24.9. The Hall–Kier alpha value is -2.84. The number of halogens is 1. The summed E-state index contributed by atoms with van der Waals surface area (Å²) in [6.07, 6.45) is 9.93. The maximum absolute atomic E-state index is 14.5. The van der Waals surface area contributed by atoms with Crippen molar-refractivity contribution in [2.45, 2.75) is 54.8 Å². The molecule has 1 amide bonds. The summed E-state index contributed by atoms with van der Waals surface area (Å²) in [6, 6.07) is 3.59. The molecule has 2 fully saturated rings. The van der Waals surface area contributed by atoms with Gasteiger partial charge in [0.05, 0.1) is 17.9 Å². The van der Waals surface area contributed by atoms with Gasteiger partial charge in [-0.3, -0.25) is 9.78 Å². The summed E-state index contributed by atoms with van der Waals surface area (Å²) in [6.45, 7) is 0. The van der Waals surface area contributed by atoms with Crippen LogP contribution in [0, 0.1) is 5.82 Å². The van der Waals surface area contributed by atoms with Crippen molar-refractivity contribution < 1.29 is 9.18 Å². The molecule has 0 unspecified atom stereocenters. The first-order valence-corrected chi connectivity index (χ1v) is 11.3. The Morgan fingerprint density at radius 3 is 2.59 bits per heavy atom. The Balaban J connectivity index is 1.61. The number of carbonyl (C=O) groups excluding carboxylic acids is 1. The number of aryl methyl sites for hydroxylation is 1. The van der Waals surface area contributed by atoms with Crippen LogP contribution in [0.15, 0.2) is 30.7 Å². The first-order valence-electron chi connectivity index (χ1n) is 11.3. The second-order valence-electron chi connectivity index (χ2n) is 10.5. The molecule has 11 heteroatoms. The maximum Gasteiger partial charge on any atom is 0.257 e. The average Bonchev–Trinajstić information content (AvgIpc) is 3.64. The van der Waals surface area contributed by atoms with Gasteiger partial charge >= 0.3 is 0 Å². The quantitative estimate of drug-likeness (QED) is 0.529. The number of amides is 1. The van der Waals surface area contributed by atoms with Crippen molar-refractivity contribution in [3.05, 3.63) is 53.4 Å². The Labute approximate surface area is 188 Å². The van der Waals surface area contributed by atoms with Crippen LogP contribution in [0.3, 0.4) is 0 Å². The lowest BCUT2D eigenvalue weighted by Gasteiger charge is -2.45. The van der Waals surface area contributed by atoms with Crippen LogP contribution in [0.2, 0.25) is 0 Å². The number of fused-ring (bicyclic) bond motifs is 3. The number of anilines is 1. The van der Waals surface area contributed by atoms with E-state index in [4.69, 9.17) is 4.98 Å². The molecule has 0 atom stereocenters. The fourth-order valence-corrected chi connectivity index (χ4v) is 5.40. The van der Waals surface area contributed by atoms with Gasteiger partial charge in [0, 0.05) is 23.0 Å². The molecule has 0 radical (unpaired) electrons. The first kappa shape index (κ1) is 19.8. The zero-order chi connectivity index (χ0) is 22.3. The van der Waals surface area contributed by atoms with Crippen molar-refractivity contribution in [1.29, 1.82) is 0 Å². The third-order valence-corrected chi connectivity index (χ3v) is 7.16. The number of carbonyl (C=O) groups is 1. The van der Waals surface area contributed by atoms with Gasteiger partial charge in [0.2, 0.25) is 0 Å². The summed E-state index contributed by atoms with van der Waals surface area (Å²) in [5.41, 5.74) is 2.29. The first-order chi connectivity index (χ1) is 15.2. The van der Waals surface area contributed by atoms with Crippen molar-refractivity contribution in [3.63, 3.8) is 0 Å². The topological polar surface area (TPSA) is 75.4 Å². The van der Waals surface area contributed by atoms with Gasteiger partial charge in [-0.1, -0.05) is 0 Å². The zero-order valence-electron chi connectivity index (χ0n) is 18.7. The predicted octanol–water partition coefficient (Wildman–Crippen LogP) is -0.522. The highest BCUT2D eigenvalue weighted by molar-refractivity contribution is 6.61. The number of aromatic nitrogens is 4. The standard InChI is InChI=1S/C21H24B3FN6O/c22-21(23,24)31-16-2-8-30-17(28-16)13(11-27-30)18(32)29-19(4-5-19)3-1-15-14(20(31)6-7-20)9-12(25)10-26-15/h2,8-11H,1,3-7,22-24H2,(H,29,32). The van der Waals surface area contributed by atoms with Crippen molar-refractivity contribution in [3.8, 4) is 0 Å². The average molecular weight is 428 g/mol. The van der Waals surface area contributed by atoms with E-state index in [-0.39, 0.29) is 28.0 Å². The van der Waals surface area contributed by atoms with Gasteiger partial charge in [-0.25, -0.2) is 13.9 Å². The molecule has 1 N–H and O–H groups in total. The molecule has 2 saturated carbocycles. The molecule has 7 nitrogen and oxygen atoms in total. The van der Waals surface area contributed by atoms with E-state index in [1.54, 1.807) is 16.8 Å². The lowest BCUT2D eigenvalue weighted by atomic mass is 9.47. The smallest absolute Gasteiger partial charge is 0.257 e. The van der Waals surface area contributed by atoms with Gasteiger partial charge in [-0.05, 0) is 55.9 Å². The summed E-state index contributed by atoms with van der Waals surface area (Å²) >= 11 is 0. The summed E-state index contributed by atoms with van der Waals surface area (Å²) in [7, 11) is 6.44. The van der Waals surface area contributed by atoms with Crippen LogP contribution in [0.25, 0.3) is 5.65 Å². The molecule has 4 heterocycles. The largest absolute Gasteiger partial charge is 0.364 e. The molecule has 0 aromatic carbocycles. The molecule has 6 rings (SSSR count). The molecule has 2 aliphatic carbocycles. The van der Waals surface area contributed by atoms with Crippen molar-refractivity contribution in [1.82, 2.24) is 24.9 Å². The summed E-state index contributed by atoms with van der Waals surface area (Å²) in [5, 5.41) is 7.30. The Kier molecular flexibility index (Phi) is 3.94. The minimum Gasteiger partial charge on any atom is -0.364 e. The van der Waals surface area contributed by atoms with E-state index < -0.39 is 0 Å². The monoisotopic (exact) mass is 428 g/mol. The molecule has 2 spiro atoms. The number of nitrogens with one attached hydrogen (secondary N) is 1. The summed E-state index contributed by atoms with van der Waals surface area (Å²) < 4.78 is 16.1. The molecule has 3 aromatic heterocycles. The van der Waals surface area contributed by atoms with E-state index in [1.807, 2.05) is 12.3 Å². The highest BCUT2D eigenvalue weighted by Gasteiger charge is 2.55. The SMILES string of the molecule is BC(B)(B)N1c2ccn3ncc(c3n2)C(=O)NC2(CCc3ncc(F)cc3C13CC3)CC2. The molecule has 1 aliphatic heterocycles. The number of nitrogens with zero attached hydrogens (tertiary/aromatic N) is 5. The fraction of sp³-hybridized carbons (Fsp3) is 0.429. The van der Waals surface area contributed by atoms with Gasteiger partial charge in [0.1, 0.15) is 40.7 Å². The Morgan fingerprint density at radius 1 is 1.12 bits per heavy atom. The molecule has 3 aliphatic rings. The Bertz CT molecular complexity index is 1260. The van der Waals surface area contributed by atoms with Gasteiger partial charge in [0.15, 0.2) is 5.65 Å². The fourth-order valence-electron chi connectivity index (χ4n) is 5.40. The molecule has 160 valence electrons. The maximum atomic E-state index is 14.5. The predicted molar refractivity (Wildman–Crippen MR) is 127 cm³/mol. The van der Waals surface area contributed by atoms with Crippen LogP contribution >= 0.6 is 0 Å². The molecule has 32 heavy (non-hydrogen) atoms. The third kappa shape index (κ3) is 2.97. The van der Waals surface area contributed by atoms with E-state index in [0.29, 0.717) is 17.6 Å².